The topological polar surface area (TPSA) is 96.5 Å². The van der Waals surface area contributed by atoms with Crippen LogP contribution < -0.4 is 0 Å². The molecule has 1 aromatic carbocycles. The van der Waals surface area contributed by atoms with Crippen molar-refractivity contribution in [3.05, 3.63) is 113 Å². The summed E-state index contributed by atoms with van der Waals surface area (Å²) in [4.78, 5) is 35.8. The van der Waals surface area contributed by atoms with Gasteiger partial charge in [0, 0.05) is 57.5 Å². The highest BCUT2D eigenvalue weighted by molar-refractivity contribution is 6.76. The molecule has 4 aromatic rings. The van der Waals surface area contributed by atoms with E-state index in [1.165, 1.54) is 11.1 Å². The average Bonchev–Trinajstić information content (AvgIpc) is 3.58. The molecule has 1 amide bonds. The molecule has 280 valence electrons. The molecule has 52 heavy (non-hydrogen) atoms. The Morgan fingerprint density at radius 3 is 2.25 bits per heavy atom. The SMILES string of the molecule is CC(C)(C)OC(=O)N(Cc1ccc(CN(C(COCC[Si](C)(C)C)c2ncc(C(C)(C)C)[nH]2)C2CCCc3cccnc32)cc1)Cc1ccccn1. The Morgan fingerprint density at radius 2 is 1.62 bits per heavy atom. The van der Waals surface area contributed by atoms with Gasteiger partial charge in [0.15, 0.2) is 0 Å². The molecule has 3 aromatic heterocycles. The third-order valence-electron chi connectivity index (χ3n) is 9.45. The van der Waals surface area contributed by atoms with E-state index in [-0.39, 0.29) is 23.6 Å². The number of carbonyl (C=O) groups excluding carboxylic acids is 1. The molecule has 1 aliphatic carbocycles. The second-order valence-electron chi connectivity index (χ2n) is 17.4. The number of amides is 1. The number of rotatable bonds is 14. The van der Waals surface area contributed by atoms with Crippen LogP contribution in [0.4, 0.5) is 4.79 Å². The van der Waals surface area contributed by atoms with Crippen LogP contribution in [0.2, 0.25) is 25.7 Å². The number of aromatic nitrogens is 4. The van der Waals surface area contributed by atoms with Gasteiger partial charge in [0.2, 0.25) is 0 Å². The highest BCUT2D eigenvalue weighted by Gasteiger charge is 2.35. The third kappa shape index (κ3) is 11.3. The van der Waals surface area contributed by atoms with Gasteiger partial charge < -0.3 is 14.5 Å². The van der Waals surface area contributed by atoms with E-state index in [1.54, 1.807) is 11.1 Å². The fourth-order valence-electron chi connectivity index (χ4n) is 6.52. The number of aryl methyl sites for hydroxylation is 1. The van der Waals surface area contributed by atoms with Crippen molar-refractivity contribution in [2.45, 2.75) is 129 Å². The number of benzene rings is 1. The first-order valence-corrected chi connectivity index (χ1v) is 22.5. The molecule has 0 spiro atoms. The summed E-state index contributed by atoms with van der Waals surface area (Å²) in [6, 6.07) is 19.8. The van der Waals surface area contributed by atoms with Crippen molar-refractivity contribution in [1.29, 1.82) is 0 Å². The van der Waals surface area contributed by atoms with Gasteiger partial charge in [-0.05, 0) is 81.0 Å². The minimum Gasteiger partial charge on any atom is -0.444 e. The lowest BCUT2D eigenvalue weighted by Crippen LogP contribution is -2.38. The van der Waals surface area contributed by atoms with Gasteiger partial charge in [-0.3, -0.25) is 19.8 Å². The molecule has 1 N–H and O–H groups in total. The third-order valence-corrected chi connectivity index (χ3v) is 11.2. The summed E-state index contributed by atoms with van der Waals surface area (Å²) in [5.74, 6) is 0.931. The van der Waals surface area contributed by atoms with Gasteiger partial charge in [-0.25, -0.2) is 9.78 Å². The van der Waals surface area contributed by atoms with Gasteiger partial charge in [0.25, 0.3) is 0 Å². The van der Waals surface area contributed by atoms with E-state index in [1.807, 2.05) is 51.4 Å². The number of ether oxygens (including phenoxy) is 2. The van der Waals surface area contributed by atoms with Crippen LogP contribution in [-0.2, 0) is 40.9 Å². The molecule has 2 unspecified atom stereocenters. The van der Waals surface area contributed by atoms with Crippen molar-refractivity contribution < 1.29 is 14.3 Å². The summed E-state index contributed by atoms with van der Waals surface area (Å²) >= 11 is 0. The van der Waals surface area contributed by atoms with Gasteiger partial charge in [0.1, 0.15) is 11.4 Å². The van der Waals surface area contributed by atoms with Gasteiger partial charge >= 0.3 is 6.09 Å². The summed E-state index contributed by atoms with van der Waals surface area (Å²) in [7, 11) is -1.26. The molecule has 0 saturated heterocycles. The summed E-state index contributed by atoms with van der Waals surface area (Å²) in [6.45, 7) is 22.2. The number of pyridine rings is 2. The number of imidazole rings is 1. The Balaban J connectivity index is 1.45. The molecular formula is C42H60N6O3Si. The number of H-pyrrole nitrogens is 1. The number of aromatic amines is 1. The van der Waals surface area contributed by atoms with Crippen molar-refractivity contribution in [1.82, 2.24) is 29.7 Å². The van der Waals surface area contributed by atoms with E-state index in [9.17, 15) is 4.79 Å². The smallest absolute Gasteiger partial charge is 0.410 e. The quantitative estimate of drug-likeness (QED) is 0.102. The second-order valence-corrected chi connectivity index (χ2v) is 23.1. The lowest BCUT2D eigenvalue weighted by molar-refractivity contribution is 0.0214. The van der Waals surface area contributed by atoms with Gasteiger partial charge in [0.05, 0.1) is 36.6 Å². The van der Waals surface area contributed by atoms with E-state index in [0.717, 1.165) is 60.4 Å². The maximum Gasteiger partial charge on any atom is 0.410 e. The summed E-state index contributed by atoms with van der Waals surface area (Å²) in [6.07, 6.45) is 8.47. The number of hydrogen-bond donors (Lipinski definition) is 1. The van der Waals surface area contributed by atoms with Crippen molar-refractivity contribution in [3.63, 3.8) is 0 Å². The van der Waals surface area contributed by atoms with Crippen LogP contribution in [0.25, 0.3) is 0 Å². The zero-order valence-electron chi connectivity index (χ0n) is 32.9. The van der Waals surface area contributed by atoms with Crippen LogP contribution in [0.5, 0.6) is 0 Å². The van der Waals surface area contributed by atoms with E-state index in [2.05, 4.69) is 91.7 Å². The van der Waals surface area contributed by atoms with Crippen LogP contribution in [0.15, 0.2) is 73.2 Å². The van der Waals surface area contributed by atoms with Crippen LogP contribution in [-0.4, -0.2) is 62.7 Å². The standard InChI is InChI=1S/C42H60N6O3Si/c1-41(2,3)37-26-45-39(46-37)36(30-50-24-25-52(7,8)9)48(35-17-12-14-33-15-13-23-44-38(33)35)28-32-20-18-31(19-21-32)27-47(40(49)51-42(4,5)6)29-34-16-10-11-22-43-34/h10-11,13,15-16,18-23,26,35-36H,12,14,17,24-25,27-30H2,1-9H3,(H,45,46). The highest BCUT2D eigenvalue weighted by atomic mass is 28.3. The molecule has 9 nitrogen and oxygen atoms in total. The number of fused-ring (bicyclic) bond motifs is 1. The summed E-state index contributed by atoms with van der Waals surface area (Å²) in [5.41, 5.74) is 5.94. The van der Waals surface area contributed by atoms with E-state index < -0.39 is 13.7 Å². The molecule has 1 aliphatic rings. The van der Waals surface area contributed by atoms with Crippen molar-refractivity contribution in [3.8, 4) is 0 Å². The Morgan fingerprint density at radius 1 is 0.904 bits per heavy atom. The Kier molecular flexibility index (Phi) is 12.8. The molecule has 3 heterocycles. The van der Waals surface area contributed by atoms with Gasteiger partial charge in [-0.2, -0.15) is 0 Å². The van der Waals surface area contributed by atoms with Crippen LogP contribution >= 0.6 is 0 Å². The molecule has 0 saturated carbocycles. The van der Waals surface area contributed by atoms with E-state index in [4.69, 9.17) is 19.4 Å². The largest absolute Gasteiger partial charge is 0.444 e. The Hall–Kier alpha value is -3.86. The molecule has 10 heteroatoms. The first-order valence-electron chi connectivity index (χ1n) is 18.8. The Bertz CT molecular complexity index is 1720. The first kappa shape index (κ1) is 39.3. The van der Waals surface area contributed by atoms with Crippen LogP contribution in [0.3, 0.4) is 0 Å². The lowest BCUT2D eigenvalue weighted by Gasteiger charge is -2.39. The monoisotopic (exact) mass is 724 g/mol. The van der Waals surface area contributed by atoms with E-state index >= 15 is 0 Å². The van der Waals surface area contributed by atoms with Crippen molar-refractivity contribution >= 4 is 14.2 Å². The molecule has 0 radical (unpaired) electrons. The maximum absolute atomic E-state index is 13.3. The average molecular weight is 725 g/mol. The predicted octanol–water partition coefficient (Wildman–Crippen LogP) is 9.41. The first-order chi connectivity index (χ1) is 24.6. The number of carbonyl (C=O) groups is 1. The lowest BCUT2D eigenvalue weighted by atomic mass is 9.89. The van der Waals surface area contributed by atoms with Gasteiger partial charge in [-0.15, -0.1) is 0 Å². The molecule has 5 rings (SSSR count). The summed E-state index contributed by atoms with van der Waals surface area (Å²) < 4.78 is 12.3. The van der Waals surface area contributed by atoms with Gasteiger partial charge in [-0.1, -0.05) is 76.8 Å². The number of nitrogens with zero attached hydrogens (tertiary/aromatic N) is 5. The van der Waals surface area contributed by atoms with Crippen LogP contribution in [0, 0.1) is 0 Å². The zero-order chi connectivity index (χ0) is 37.5. The minimum absolute atomic E-state index is 0.0576. The number of nitrogens with one attached hydrogen (secondary N) is 1. The molecular weight excluding hydrogens is 665 g/mol. The number of hydrogen-bond acceptors (Lipinski definition) is 7. The van der Waals surface area contributed by atoms with Crippen molar-refractivity contribution in [2.75, 3.05) is 13.2 Å². The molecule has 0 fully saturated rings. The maximum atomic E-state index is 13.3. The molecule has 2 atom stereocenters. The predicted molar refractivity (Wildman–Crippen MR) is 211 cm³/mol. The normalized spacial score (nSPS) is 15.7. The summed E-state index contributed by atoms with van der Waals surface area (Å²) in [5, 5.41) is 0. The minimum atomic E-state index is -1.26. The zero-order valence-corrected chi connectivity index (χ0v) is 33.9. The van der Waals surface area contributed by atoms with Crippen molar-refractivity contribution in [2.24, 2.45) is 0 Å². The van der Waals surface area contributed by atoms with Crippen LogP contribution in [0.1, 0.15) is 106 Å². The Labute approximate surface area is 312 Å². The van der Waals surface area contributed by atoms with E-state index in [0.29, 0.717) is 26.2 Å². The molecule has 0 bridgehead atoms. The highest BCUT2D eigenvalue weighted by Crippen LogP contribution is 2.39. The second kappa shape index (κ2) is 16.9. The molecule has 0 aliphatic heterocycles. The fraction of sp³-hybridized carbons (Fsp3) is 0.524. The fourth-order valence-corrected chi connectivity index (χ4v) is 7.27.